The zero-order chi connectivity index (χ0) is 12.3. The van der Waals surface area contributed by atoms with Gasteiger partial charge in [-0.2, -0.15) is 0 Å². The molecule has 0 aliphatic heterocycles. The normalized spacial score (nSPS) is 10.5. The summed E-state index contributed by atoms with van der Waals surface area (Å²) in [5, 5.41) is 1.07. The van der Waals surface area contributed by atoms with Gasteiger partial charge in [-0.15, -0.1) is 0 Å². The summed E-state index contributed by atoms with van der Waals surface area (Å²) in [6.07, 6.45) is 1.82. The van der Waals surface area contributed by atoms with Gasteiger partial charge >= 0.3 is 0 Å². The second kappa shape index (κ2) is 5.44. The third-order valence-electron chi connectivity index (χ3n) is 2.71. The van der Waals surface area contributed by atoms with Gasteiger partial charge in [0.2, 0.25) is 0 Å². The van der Waals surface area contributed by atoms with Crippen molar-refractivity contribution in [2.45, 2.75) is 12.8 Å². The highest BCUT2D eigenvalue weighted by atomic mass is 35.5. The van der Waals surface area contributed by atoms with Crippen molar-refractivity contribution in [3.63, 3.8) is 0 Å². The molecule has 2 rings (SSSR count). The molecule has 0 aromatic heterocycles. The largest absolute Gasteiger partial charge is 0.398 e. The quantitative estimate of drug-likeness (QED) is 0.820. The SMILES string of the molecule is Nc1cc(Cl)c(Cl)cc1CCc1ccccc1. The highest BCUT2D eigenvalue weighted by molar-refractivity contribution is 6.42. The Balaban J connectivity index is 2.12. The van der Waals surface area contributed by atoms with Gasteiger partial charge in [-0.3, -0.25) is 0 Å². The standard InChI is InChI=1S/C14H13Cl2N/c15-12-8-11(14(17)9-13(12)16)7-6-10-4-2-1-3-5-10/h1-5,8-9H,6-7,17H2. The van der Waals surface area contributed by atoms with Gasteiger partial charge in [0.1, 0.15) is 0 Å². The third-order valence-corrected chi connectivity index (χ3v) is 3.43. The van der Waals surface area contributed by atoms with Crippen LogP contribution in [-0.2, 0) is 12.8 Å². The maximum atomic E-state index is 5.98. The molecule has 0 spiro atoms. The second-order valence-corrected chi connectivity index (χ2v) is 4.77. The summed E-state index contributed by atoms with van der Waals surface area (Å²) in [5.41, 5.74) is 8.95. The van der Waals surface area contributed by atoms with Crippen LogP contribution < -0.4 is 5.73 Å². The molecule has 0 saturated carbocycles. The van der Waals surface area contributed by atoms with Crippen LogP contribution in [0.4, 0.5) is 5.69 Å². The second-order valence-electron chi connectivity index (χ2n) is 3.95. The minimum absolute atomic E-state index is 0.507. The van der Waals surface area contributed by atoms with E-state index in [2.05, 4.69) is 12.1 Å². The number of nitrogens with two attached hydrogens (primary N) is 1. The molecule has 0 aliphatic rings. The number of halogens is 2. The molecule has 2 aromatic rings. The first kappa shape index (κ1) is 12.3. The number of benzene rings is 2. The summed E-state index contributed by atoms with van der Waals surface area (Å²) in [6.45, 7) is 0. The van der Waals surface area contributed by atoms with Crippen LogP contribution in [0.1, 0.15) is 11.1 Å². The minimum atomic E-state index is 0.507. The Morgan fingerprint density at radius 3 is 2.24 bits per heavy atom. The van der Waals surface area contributed by atoms with Gasteiger partial charge in [-0.05, 0) is 36.1 Å². The first-order valence-corrected chi connectivity index (χ1v) is 6.20. The predicted molar refractivity (Wildman–Crippen MR) is 74.7 cm³/mol. The van der Waals surface area contributed by atoms with Crippen molar-refractivity contribution >= 4 is 28.9 Å². The summed E-state index contributed by atoms with van der Waals surface area (Å²) < 4.78 is 0. The molecule has 3 heteroatoms. The van der Waals surface area contributed by atoms with E-state index in [4.69, 9.17) is 28.9 Å². The molecule has 0 aliphatic carbocycles. The van der Waals surface area contributed by atoms with Crippen LogP contribution in [0.25, 0.3) is 0 Å². The molecular weight excluding hydrogens is 253 g/mol. The molecular formula is C14H13Cl2N. The predicted octanol–water partition coefficient (Wildman–Crippen LogP) is 4.36. The summed E-state index contributed by atoms with van der Waals surface area (Å²) in [5.74, 6) is 0. The molecule has 0 radical (unpaired) electrons. The van der Waals surface area contributed by atoms with E-state index < -0.39 is 0 Å². The van der Waals surface area contributed by atoms with Crippen LogP contribution in [0.2, 0.25) is 10.0 Å². The van der Waals surface area contributed by atoms with Crippen molar-refractivity contribution < 1.29 is 0 Å². The van der Waals surface area contributed by atoms with Crippen LogP contribution in [-0.4, -0.2) is 0 Å². The van der Waals surface area contributed by atoms with Gasteiger partial charge in [0, 0.05) is 5.69 Å². The van der Waals surface area contributed by atoms with Crippen molar-refractivity contribution in [2.75, 3.05) is 5.73 Å². The number of hydrogen-bond acceptors (Lipinski definition) is 1. The Kier molecular flexibility index (Phi) is 3.93. The molecule has 0 heterocycles. The van der Waals surface area contributed by atoms with Crippen molar-refractivity contribution in [3.05, 3.63) is 63.6 Å². The fourth-order valence-corrected chi connectivity index (χ4v) is 2.10. The first-order chi connectivity index (χ1) is 8.16. The van der Waals surface area contributed by atoms with Gasteiger partial charge in [0.05, 0.1) is 10.0 Å². The van der Waals surface area contributed by atoms with Crippen molar-refractivity contribution in [3.8, 4) is 0 Å². The van der Waals surface area contributed by atoms with Gasteiger partial charge in [-0.25, -0.2) is 0 Å². The van der Waals surface area contributed by atoms with E-state index in [0.717, 1.165) is 18.4 Å². The molecule has 0 amide bonds. The average Bonchev–Trinajstić information content (AvgIpc) is 2.33. The van der Waals surface area contributed by atoms with Crippen LogP contribution in [0.15, 0.2) is 42.5 Å². The summed E-state index contributed by atoms with van der Waals surface area (Å²) in [6, 6.07) is 13.9. The number of rotatable bonds is 3. The Hall–Kier alpha value is -1.18. The lowest BCUT2D eigenvalue weighted by atomic mass is 10.0. The fraction of sp³-hybridized carbons (Fsp3) is 0.143. The zero-order valence-electron chi connectivity index (χ0n) is 9.29. The van der Waals surface area contributed by atoms with E-state index in [0.29, 0.717) is 15.7 Å². The zero-order valence-corrected chi connectivity index (χ0v) is 10.8. The van der Waals surface area contributed by atoms with Gasteiger partial charge in [0.15, 0.2) is 0 Å². The van der Waals surface area contributed by atoms with Gasteiger partial charge < -0.3 is 5.73 Å². The topological polar surface area (TPSA) is 26.0 Å². The maximum Gasteiger partial charge on any atom is 0.0612 e. The molecule has 0 bridgehead atoms. The maximum absolute atomic E-state index is 5.98. The smallest absolute Gasteiger partial charge is 0.0612 e. The Morgan fingerprint density at radius 2 is 1.53 bits per heavy atom. The van der Waals surface area contributed by atoms with E-state index >= 15 is 0 Å². The third kappa shape index (κ3) is 3.15. The molecule has 0 atom stereocenters. The highest BCUT2D eigenvalue weighted by Crippen LogP contribution is 2.28. The molecule has 17 heavy (non-hydrogen) atoms. The molecule has 0 saturated heterocycles. The summed E-state index contributed by atoms with van der Waals surface area (Å²) >= 11 is 11.9. The lowest BCUT2D eigenvalue weighted by molar-refractivity contribution is 0.963. The van der Waals surface area contributed by atoms with Crippen LogP contribution in [0.3, 0.4) is 0 Å². The van der Waals surface area contributed by atoms with Gasteiger partial charge in [0.25, 0.3) is 0 Å². The molecule has 0 unspecified atom stereocenters. The van der Waals surface area contributed by atoms with E-state index in [1.165, 1.54) is 5.56 Å². The van der Waals surface area contributed by atoms with E-state index in [9.17, 15) is 0 Å². The van der Waals surface area contributed by atoms with Crippen molar-refractivity contribution in [1.29, 1.82) is 0 Å². The average molecular weight is 266 g/mol. The number of nitrogen functional groups attached to an aromatic ring is 1. The summed E-state index contributed by atoms with van der Waals surface area (Å²) in [4.78, 5) is 0. The van der Waals surface area contributed by atoms with Gasteiger partial charge in [-0.1, -0.05) is 53.5 Å². The van der Waals surface area contributed by atoms with E-state index in [-0.39, 0.29) is 0 Å². The number of aryl methyl sites for hydroxylation is 2. The molecule has 0 fully saturated rings. The minimum Gasteiger partial charge on any atom is -0.398 e. The van der Waals surface area contributed by atoms with Crippen LogP contribution in [0, 0.1) is 0 Å². The van der Waals surface area contributed by atoms with Crippen molar-refractivity contribution in [2.24, 2.45) is 0 Å². The van der Waals surface area contributed by atoms with Crippen LogP contribution >= 0.6 is 23.2 Å². The number of hydrogen-bond donors (Lipinski definition) is 1. The fourth-order valence-electron chi connectivity index (χ4n) is 1.74. The number of anilines is 1. The summed E-state index contributed by atoms with van der Waals surface area (Å²) in [7, 11) is 0. The monoisotopic (exact) mass is 265 g/mol. The van der Waals surface area contributed by atoms with Crippen LogP contribution in [0.5, 0.6) is 0 Å². The Labute approximate surface area is 111 Å². The van der Waals surface area contributed by atoms with E-state index in [1.54, 1.807) is 6.07 Å². The Morgan fingerprint density at radius 1 is 0.882 bits per heavy atom. The molecule has 1 nitrogen and oxygen atoms in total. The lowest BCUT2D eigenvalue weighted by Crippen LogP contribution is -1.97. The highest BCUT2D eigenvalue weighted by Gasteiger charge is 2.05. The molecule has 88 valence electrons. The lowest BCUT2D eigenvalue weighted by Gasteiger charge is -2.07. The van der Waals surface area contributed by atoms with Crippen molar-refractivity contribution in [1.82, 2.24) is 0 Å². The molecule has 2 aromatic carbocycles. The first-order valence-electron chi connectivity index (χ1n) is 5.44. The Bertz CT molecular complexity index is 509. The molecule has 2 N–H and O–H groups in total. The van der Waals surface area contributed by atoms with E-state index in [1.807, 2.05) is 24.3 Å².